The second-order valence-electron chi connectivity index (χ2n) is 6.27. The summed E-state index contributed by atoms with van der Waals surface area (Å²) < 4.78 is 43.8. The number of benzene rings is 3. The van der Waals surface area contributed by atoms with Gasteiger partial charge in [-0.05, 0) is 53.9 Å². The summed E-state index contributed by atoms with van der Waals surface area (Å²) in [6.45, 7) is 1.86. The van der Waals surface area contributed by atoms with Gasteiger partial charge in [0, 0.05) is 11.6 Å². The van der Waals surface area contributed by atoms with E-state index in [0.29, 0.717) is 16.9 Å². The van der Waals surface area contributed by atoms with Crippen molar-refractivity contribution < 1.29 is 22.8 Å². The van der Waals surface area contributed by atoms with Gasteiger partial charge in [0.05, 0.1) is 10.5 Å². The Bertz CT molecular complexity index is 999. The first-order chi connectivity index (χ1) is 13.2. The fraction of sp³-hybridized carbons (Fsp3) is 0.143. The van der Waals surface area contributed by atoms with Crippen LogP contribution in [0.15, 0.2) is 66.7 Å². The van der Waals surface area contributed by atoms with Crippen LogP contribution in [0, 0.1) is 17.0 Å². The number of hydrogen-bond acceptors (Lipinski definition) is 3. The van der Waals surface area contributed by atoms with E-state index >= 15 is 0 Å². The van der Waals surface area contributed by atoms with Crippen molar-refractivity contribution in [3.63, 3.8) is 0 Å². The number of ether oxygens (including phenoxy) is 1. The average Bonchev–Trinajstić information content (AvgIpc) is 2.66. The van der Waals surface area contributed by atoms with Crippen LogP contribution in [0.2, 0.25) is 0 Å². The van der Waals surface area contributed by atoms with Gasteiger partial charge in [-0.15, -0.1) is 0 Å². The second-order valence-corrected chi connectivity index (χ2v) is 6.27. The number of nitro benzene ring substituents is 1. The Balaban J connectivity index is 1.73. The van der Waals surface area contributed by atoms with Crippen LogP contribution in [-0.2, 0) is 12.8 Å². The van der Waals surface area contributed by atoms with Crippen LogP contribution in [0.3, 0.4) is 0 Å². The fourth-order valence-corrected chi connectivity index (χ4v) is 2.78. The van der Waals surface area contributed by atoms with E-state index in [1.807, 2.05) is 18.2 Å². The molecule has 0 amide bonds. The molecule has 0 saturated heterocycles. The first-order valence-corrected chi connectivity index (χ1v) is 8.38. The quantitative estimate of drug-likeness (QED) is 0.389. The zero-order valence-corrected chi connectivity index (χ0v) is 14.9. The molecule has 28 heavy (non-hydrogen) atoms. The Hall–Kier alpha value is -3.35. The van der Waals surface area contributed by atoms with Gasteiger partial charge in [-0.3, -0.25) is 10.1 Å². The van der Waals surface area contributed by atoms with Gasteiger partial charge >= 0.3 is 6.18 Å². The summed E-state index contributed by atoms with van der Waals surface area (Å²) in [5.41, 5.74) is 2.10. The van der Waals surface area contributed by atoms with Crippen LogP contribution in [0.4, 0.5) is 18.9 Å². The van der Waals surface area contributed by atoms with Crippen molar-refractivity contribution in [2.24, 2.45) is 0 Å². The topological polar surface area (TPSA) is 52.4 Å². The number of alkyl halides is 3. The third kappa shape index (κ3) is 4.49. The van der Waals surface area contributed by atoms with Gasteiger partial charge < -0.3 is 4.74 Å². The normalized spacial score (nSPS) is 11.3. The van der Waals surface area contributed by atoms with Crippen LogP contribution in [0.25, 0.3) is 11.1 Å². The molecule has 0 unspecified atom stereocenters. The van der Waals surface area contributed by atoms with Gasteiger partial charge in [0.2, 0.25) is 0 Å². The molecule has 144 valence electrons. The van der Waals surface area contributed by atoms with Crippen molar-refractivity contribution in [1.29, 1.82) is 0 Å². The second kappa shape index (κ2) is 7.72. The molecule has 0 aliphatic heterocycles. The number of aryl methyl sites for hydroxylation is 1. The standard InChI is InChI=1S/C21H16F3NO3/c1-14-11-19(9-10-20(14)25(26)27)28-13-15-3-2-4-17(12-15)16-5-7-18(8-6-16)21(22,23)24/h2-12H,13H2,1H3. The molecule has 7 heteroatoms. The van der Waals surface area contributed by atoms with Gasteiger partial charge in [0.1, 0.15) is 12.4 Å². The molecule has 0 aromatic heterocycles. The maximum atomic E-state index is 12.7. The molecule has 3 aromatic carbocycles. The Kier molecular flexibility index (Phi) is 5.35. The monoisotopic (exact) mass is 387 g/mol. The Morgan fingerprint density at radius 3 is 2.29 bits per heavy atom. The van der Waals surface area contributed by atoms with Gasteiger partial charge in [0.25, 0.3) is 5.69 Å². The predicted molar refractivity (Wildman–Crippen MR) is 99.0 cm³/mol. The van der Waals surface area contributed by atoms with E-state index in [-0.39, 0.29) is 12.3 Å². The van der Waals surface area contributed by atoms with Crippen LogP contribution in [0.1, 0.15) is 16.7 Å². The molecular weight excluding hydrogens is 371 g/mol. The summed E-state index contributed by atoms with van der Waals surface area (Å²) in [5, 5.41) is 10.9. The minimum Gasteiger partial charge on any atom is -0.489 e. The smallest absolute Gasteiger partial charge is 0.416 e. The van der Waals surface area contributed by atoms with Crippen LogP contribution < -0.4 is 4.74 Å². The van der Waals surface area contributed by atoms with Crippen LogP contribution in [0.5, 0.6) is 5.75 Å². The molecule has 3 aromatic rings. The first-order valence-electron chi connectivity index (χ1n) is 8.38. The molecule has 0 aliphatic rings. The van der Waals surface area contributed by atoms with E-state index in [1.165, 1.54) is 24.3 Å². The number of halogens is 3. The lowest BCUT2D eigenvalue weighted by Gasteiger charge is -2.10. The molecule has 0 spiro atoms. The average molecular weight is 387 g/mol. The predicted octanol–water partition coefficient (Wildman–Crippen LogP) is 6.17. The fourth-order valence-electron chi connectivity index (χ4n) is 2.78. The number of nitro groups is 1. The number of nitrogens with zero attached hydrogens (tertiary/aromatic N) is 1. The Morgan fingerprint density at radius 1 is 0.964 bits per heavy atom. The third-order valence-corrected chi connectivity index (χ3v) is 4.24. The van der Waals surface area contributed by atoms with E-state index in [1.54, 1.807) is 19.1 Å². The van der Waals surface area contributed by atoms with E-state index < -0.39 is 16.7 Å². The molecule has 0 heterocycles. The highest BCUT2D eigenvalue weighted by Crippen LogP contribution is 2.31. The SMILES string of the molecule is Cc1cc(OCc2cccc(-c3ccc(C(F)(F)F)cc3)c2)ccc1[N+](=O)[O-]. The van der Waals surface area contributed by atoms with Gasteiger partial charge in [0.15, 0.2) is 0 Å². The number of rotatable bonds is 5. The van der Waals surface area contributed by atoms with Crippen molar-refractivity contribution >= 4 is 5.69 Å². The zero-order chi connectivity index (χ0) is 20.3. The highest BCUT2D eigenvalue weighted by molar-refractivity contribution is 5.64. The van der Waals surface area contributed by atoms with Crippen molar-refractivity contribution in [2.75, 3.05) is 0 Å². The van der Waals surface area contributed by atoms with Crippen molar-refractivity contribution in [2.45, 2.75) is 19.7 Å². The minimum absolute atomic E-state index is 0.0247. The molecular formula is C21H16F3NO3. The summed E-state index contributed by atoms with van der Waals surface area (Å²) in [5.74, 6) is 0.503. The van der Waals surface area contributed by atoms with E-state index in [9.17, 15) is 23.3 Å². The highest BCUT2D eigenvalue weighted by atomic mass is 19.4. The third-order valence-electron chi connectivity index (χ3n) is 4.24. The van der Waals surface area contributed by atoms with Crippen molar-refractivity contribution in [1.82, 2.24) is 0 Å². The molecule has 0 radical (unpaired) electrons. The Morgan fingerprint density at radius 2 is 1.68 bits per heavy atom. The lowest BCUT2D eigenvalue weighted by molar-refractivity contribution is -0.385. The van der Waals surface area contributed by atoms with Gasteiger partial charge in [-0.25, -0.2) is 0 Å². The largest absolute Gasteiger partial charge is 0.489 e. The lowest BCUT2D eigenvalue weighted by Crippen LogP contribution is -2.04. The molecule has 3 rings (SSSR count). The molecule has 0 atom stereocenters. The van der Waals surface area contributed by atoms with Crippen LogP contribution >= 0.6 is 0 Å². The highest BCUT2D eigenvalue weighted by Gasteiger charge is 2.29. The molecule has 0 N–H and O–H groups in total. The maximum absolute atomic E-state index is 12.7. The summed E-state index contributed by atoms with van der Waals surface area (Å²) in [7, 11) is 0. The maximum Gasteiger partial charge on any atom is 0.416 e. The molecule has 4 nitrogen and oxygen atoms in total. The summed E-state index contributed by atoms with van der Waals surface area (Å²) in [6, 6.07) is 16.8. The van der Waals surface area contributed by atoms with Crippen molar-refractivity contribution in [3.8, 4) is 16.9 Å². The van der Waals surface area contributed by atoms with Crippen LogP contribution in [-0.4, -0.2) is 4.92 Å². The minimum atomic E-state index is -4.36. The number of hydrogen-bond donors (Lipinski definition) is 0. The van der Waals surface area contributed by atoms with Crippen molar-refractivity contribution in [3.05, 3.63) is 93.5 Å². The lowest BCUT2D eigenvalue weighted by atomic mass is 10.0. The van der Waals surface area contributed by atoms with Gasteiger partial charge in [-0.1, -0.05) is 30.3 Å². The van der Waals surface area contributed by atoms with E-state index in [2.05, 4.69) is 0 Å². The summed E-state index contributed by atoms with van der Waals surface area (Å²) >= 11 is 0. The van der Waals surface area contributed by atoms with Gasteiger partial charge in [-0.2, -0.15) is 13.2 Å². The molecule has 0 bridgehead atoms. The zero-order valence-electron chi connectivity index (χ0n) is 14.9. The molecule has 0 saturated carbocycles. The summed E-state index contributed by atoms with van der Waals surface area (Å²) in [4.78, 5) is 10.4. The van der Waals surface area contributed by atoms with E-state index in [4.69, 9.17) is 4.74 Å². The summed E-state index contributed by atoms with van der Waals surface area (Å²) in [6.07, 6.45) is -4.36. The molecule has 0 fully saturated rings. The first kappa shape index (κ1) is 19.4. The van der Waals surface area contributed by atoms with E-state index in [0.717, 1.165) is 23.3 Å². The Labute approximate surface area is 159 Å². The molecule has 0 aliphatic carbocycles.